The second-order valence-corrected chi connectivity index (χ2v) is 6.68. The van der Waals surface area contributed by atoms with E-state index in [2.05, 4.69) is 61.6 Å². The number of hydrogen-bond donors (Lipinski definition) is 2. The molecule has 4 rings (SSSR count). The summed E-state index contributed by atoms with van der Waals surface area (Å²) in [6.45, 7) is 4.59. The lowest BCUT2D eigenvalue weighted by atomic mass is 9.82. The van der Waals surface area contributed by atoms with Crippen LogP contribution in [-0.2, 0) is 5.41 Å². The van der Waals surface area contributed by atoms with Gasteiger partial charge in [-0.15, -0.1) is 0 Å². The van der Waals surface area contributed by atoms with Crippen molar-refractivity contribution in [3.05, 3.63) is 77.9 Å². The average molecular weight is 300 g/mol. The maximum atomic E-state index is 5.75. The summed E-state index contributed by atoms with van der Waals surface area (Å²) in [6.07, 6.45) is 0. The minimum Gasteiger partial charge on any atom is -0.399 e. The first-order chi connectivity index (χ1) is 11.1. The highest BCUT2D eigenvalue weighted by atomic mass is 14.9. The molecule has 0 saturated carbocycles. The quantitative estimate of drug-likeness (QED) is 0.629. The molecular weight excluding hydrogens is 280 g/mol. The van der Waals surface area contributed by atoms with Crippen molar-refractivity contribution in [2.75, 3.05) is 11.1 Å². The zero-order valence-corrected chi connectivity index (χ0v) is 13.4. The van der Waals surface area contributed by atoms with Crippen molar-refractivity contribution in [1.82, 2.24) is 0 Å². The van der Waals surface area contributed by atoms with Crippen LogP contribution in [0.4, 0.5) is 17.1 Å². The zero-order chi connectivity index (χ0) is 16.0. The number of nitrogen functional groups attached to an aromatic ring is 1. The molecule has 0 radical (unpaired) electrons. The van der Waals surface area contributed by atoms with Gasteiger partial charge in [0.15, 0.2) is 0 Å². The first kappa shape index (κ1) is 13.9. The summed E-state index contributed by atoms with van der Waals surface area (Å²) in [5.41, 5.74) is 14.2. The Morgan fingerprint density at radius 2 is 1.39 bits per heavy atom. The van der Waals surface area contributed by atoms with Crippen LogP contribution in [0, 0.1) is 0 Å². The van der Waals surface area contributed by atoms with Gasteiger partial charge in [0.25, 0.3) is 0 Å². The molecule has 0 aliphatic heterocycles. The smallest absolute Gasteiger partial charge is 0.0387 e. The van der Waals surface area contributed by atoms with Crippen molar-refractivity contribution in [3.63, 3.8) is 0 Å². The maximum Gasteiger partial charge on any atom is 0.0387 e. The minimum absolute atomic E-state index is 0.0325. The molecule has 3 aromatic carbocycles. The average Bonchev–Trinajstić information content (AvgIpc) is 2.78. The van der Waals surface area contributed by atoms with Crippen molar-refractivity contribution < 1.29 is 0 Å². The third kappa shape index (κ3) is 2.18. The van der Waals surface area contributed by atoms with E-state index in [1.807, 2.05) is 24.3 Å². The molecular formula is C21H20N2. The van der Waals surface area contributed by atoms with Gasteiger partial charge in [-0.1, -0.05) is 44.2 Å². The van der Waals surface area contributed by atoms with E-state index in [1.54, 1.807) is 0 Å². The van der Waals surface area contributed by atoms with Gasteiger partial charge in [-0.05, 0) is 58.7 Å². The second kappa shape index (κ2) is 4.88. The SMILES string of the molecule is CC1(C)c2ccccc2-c2ccc(Nc3ccc(N)cc3)cc21. The number of rotatable bonds is 2. The number of nitrogens with one attached hydrogen (secondary N) is 1. The van der Waals surface area contributed by atoms with Crippen molar-refractivity contribution in [2.45, 2.75) is 19.3 Å². The third-order valence-electron chi connectivity index (χ3n) is 4.78. The van der Waals surface area contributed by atoms with Gasteiger partial charge in [-0.25, -0.2) is 0 Å². The first-order valence-corrected chi connectivity index (χ1v) is 7.93. The van der Waals surface area contributed by atoms with E-state index in [9.17, 15) is 0 Å². The molecule has 1 aliphatic rings. The Morgan fingerprint density at radius 3 is 2.17 bits per heavy atom. The summed E-state index contributed by atoms with van der Waals surface area (Å²) in [5.74, 6) is 0. The lowest BCUT2D eigenvalue weighted by Crippen LogP contribution is -2.15. The van der Waals surface area contributed by atoms with E-state index in [0.717, 1.165) is 17.1 Å². The van der Waals surface area contributed by atoms with E-state index in [-0.39, 0.29) is 5.41 Å². The summed E-state index contributed by atoms with van der Waals surface area (Å²) in [4.78, 5) is 0. The molecule has 23 heavy (non-hydrogen) atoms. The fourth-order valence-corrected chi connectivity index (χ4v) is 3.52. The highest BCUT2D eigenvalue weighted by molar-refractivity contribution is 5.82. The van der Waals surface area contributed by atoms with Crippen molar-refractivity contribution >= 4 is 17.1 Å². The van der Waals surface area contributed by atoms with Crippen molar-refractivity contribution in [3.8, 4) is 11.1 Å². The number of nitrogens with two attached hydrogens (primary N) is 1. The van der Waals surface area contributed by atoms with E-state index in [4.69, 9.17) is 5.73 Å². The molecule has 0 aromatic heterocycles. The topological polar surface area (TPSA) is 38.0 Å². The van der Waals surface area contributed by atoms with Gasteiger partial charge in [0.05, 0.1) is 0 Å². The molecule has 2 heteroatoms. The van der Waals surface area contributed by atoms with Gasteiger partial charge in [0.1, 0.15) is 0 Å². The molecule has 0 heterocycles. The molecule has 3 aromatic rings. The summed E-state index contributed by atoms with van der Waals surface area (Å²) >= 11 is 0. The Balaban J connectivity index is 1.75. The van der Waals surface area contributed by atoms with Crippen LogP contribution >= 0.6 is 0 Å². The summed E-state index contributed by atoms with van der Waals surface area (Å²) in [5, 5.41) is 3.47. The Labute approximate surface area is 137 Å². The Hall–Kier alpha value is -2.74. The van der Waals surface area contributed by atoms with Gasteiger partial charge in [0, 0.05) is 22.5 Å². The molecule has 0 unspecified atom stereocenters. The third-order valence-corrected chi connectivity index (χ3v) is 4.78. The molecule has 114 valence electrons. The van der Waals surface area contributed by atoms with Crippen LogP contribution in [0.2, 0.25) is 0 Å². The number of hydrogen-bond acceptors (Lipinski definition) is 2. The Kier molecular flexibility index (Phi) is 2.95. The fraction of sp³-hybridized carbons (Fsp3) is 0.143. The second-order valence-electron chi connectivity index (χ2n) is 6.68. The Morgan fingerprint density at radius 1 is 0.739 bits per heavy atom. The van der Waals surface area contributed by atoms with Crippen LogP contribution < -0.4 is 11.1 Å². The van der Waals surface area contributed by atoms with Crippen LogP contribution in [0.3, 0.4) is 0 Å². The highest BCUT2D eigenvalue weighted by Gasteiger charge is 2.35. The molecule has 0 bridgehead atoms. The molecule has 0 spiro atoms. The van der Waals surface area contributed by atoms with Gasteiger partial charge in [0.2, 0.25) is 0 Å². The molecule has 0 fully saturated rings. The lowest BCUT2D eigenvalue weighted by molar-refractivity contribution is 0.660. The summed E-state index contributed by atoms with van der Waals surface area (Å²) < 4.78 is 0. The molecule has 1 aliphatic carbocycles. The molecule has 0 atom stereocenters. The molecule has 0 amide bonds. The highest BCUT2D eigenvalue weighted by Crippen LogP contribution is 2.49. The van der Waals surface area contributed by atoms with Crippen molar-refractivity contribution in [1.29, 1.82) is 0 Å². The maximum absolute atomic E-state index is 5.75. The standard InChI is InChI=1S/C21H20N2/c1-21(2)19-6-4-3-5-17(19)18-12-11-16(13-20(18)21)23-15-9-7-14(22)8-10-15/h3-13,23H,22H2,1-2H3. The van der Waals surface area contributed by atoms with E-state index in [0.29, 0.717) is 0 Å². The van der Waals surface area contributed by atoms with Crippen LogP contribution in [0.5, 0.6) is 0 Å². The van der Waals surface area contributed by atoms with Crippen LogP contribution in [0.25, 0.3) is 11.1 Å². The normalized spacial score (nSPS) is 14.2. The monoisotopic (exact) mass is 300 g/mol. The minimum atomic E-state index is 0.0325. The lowest BCUT2D eigenvalue weighted by Gasteiger charge is -2.22. The Bertz CT molecular complexity index is 877. The number of fused-ring (bicyclic) bond motifs is 3. The number of anilines is 3. The summed E-state index contributed by atoms with van der Waals surface area (Å²) in [7, 11) is 0. The number of benzene rings is 3. The molecule has 0 saturated heterocycles. The van der Waals surface area contributed by atoms with Crippen LogP contribution in [0.1, 0.15) is 25.0 Å². The largest absolute Gasteiger partial charge is 0.399 e. The fourth-order valence-electron chi connectivity index (χ4n) is 3.52. The van der Waals surface area contributed by atoms with Gasteiger partial charge in [-0.3, -0.25) is 0 Å². The van der Waals surface area contributed by atoms with Crippen molar-refractivity contribution in [2.24, 2.45) is 0 Å². The van der Waals surface area contributed by atoms with Crippen LogP contribution in [-0.4, -0.2) is 0 Å². The van der Waals surface area contributed by atoms with Gasteiger partial charge >= 0.3 is 0 Å². The van der Waals surface area contributed by atoms with Gasteiger partial charge in [-0.2, -0.15) is 0 Å². The van der Waals surface area contributed by atoms with Crippen LogP contribution in [0.15, 0.2) is 66.7 Å². The zero-order valence-electron chi connectivity index (χ0n) is 13.4. The first-order valence-electron chi connectivity index (χ1n) is 7.93. The molecule has 2 nitrogen and oxygen atoms in total. The van der Waals surface area contributed by atoms with E-state index >= 15 is 0 Å². The predicted octanol–water partition coefficient (Wildman–Crippen LogP) is 5.32. The van der Waals surface area contributed by atoms with Gasteiger partial charge < -0.3 is 11.1 Å². The predicted molar refractivity (Wildman–Crippen MR) is 98.1 cm³/mol. The van der Waals surface area contributed by atoms with E-state index < -0.39 is 0 Å². The molecule has 3 N–H and O–H groups in total. The van der Waals surface area contributed by atoms with E-state index in [1.165, 1.54) is 22.3 Å². The summed E-state index contributed by atoms with van der Waals surface area (Å²) in [6, 6.07) is 23.2.